The van der Waals surface area contributed by atoms with Crippen molar-refractivity contribution in [2.24, 2.45) is 0 Å². The van der Waals surface area contributed by atoms with Crippen molar-refractivity contribution in [3.8, 4) is 6.07 Å². The van der Waals surface area contributed by atoms with Crippen LogP contribution in [-0.2, 0) is 0 Å². The highest BCUT2D eigenvalue weighted by Gasteiger charge is 1.99. The van der Waals surface area contributed by atoms with Gasteiger partial charge < -0.3 is 5.11 Å². The molecule has 0 bridgehead atoms. The summed E-state index contributed by atoms with van der Waals surface area (Å²) < 4.78 is 0. The third-order valence-corrected chi connectivity index (χ3v) is 2.48. The molecule has 0 spiro atoms. The Labute approximate surface area is 87.9 Å². The summed E-state index contributed by atoms with van der Waals surface area (Å²) in [4.78, 5) is 0. The molecule has 0 aromatic heterocycles. The molecule has 1 unspecified atom stereocenters. The van der Waals surface area contributed by atoms with E-state index in [4.69, 9.17) is 10.4 Å². The Morgan fingerprint density at radius 2 is 1.50 bits per heavy atom. The molecule has 2 heteroatoms. The van der Waals surface area contributed by atoms with E-state index < -0.39 is 6.10 Å². The van der Waals surface area contributed by atoms with Crippen molar-refractivity contribution < 1.29 is 5.11 Å². The van der Waals surface area contributed by atoms with Crippen molar-refractivity contribution in [3.63, 3.8) is 0 Å². The second-order valence-corrected chi connectivity index (χ2v) is 3.91. The lowest BCUT2D eigenvalue weighted by molar-refractivity contribution is 0.215. The van der Waals surface area contributed by atoms with Crippen molar-refractivity contribution in [3.05, 3.63) is 0 Å². The second-order valence-electron chi connectivity index (χ2n) is 3.91. The Hall–Kier alpha value is -0.550. The summed E-state index contributed by atoms with van der Waals surface area (Å²) in [5, 5.41) is 17.3. The van der Waals surface area contributed by atoms with Crippen molar-refractivity contribution >= 4 is 0 Å². The van der Waals surface area contributed by atoms with Gasteiger partial charge in [-0.1, -0.05) is 51.9 Å². The van der Waals surface area contributed by atoms with Gasteiger partial charge in [-0.3, -0.25) is 0 Å². The molecule has 14 heavy (non-hydrogen) atoms. The maximum atomic E-state index is 8.97. The third-order valence-electron chi connectivity index (χ3n) is 2.48. The number of rotatable bonds is 9. The van der Waals surface area contributed by atoms with E-state index in [1.54, 1.807) is 0 Å². The fourth-order valence-corrected chi connectivity index (χ4v) is 1.54. The summed E-state index contributed by atoms with van der Waals surface area (Å²) in [6.07, 6.45) is 9.96. The number of aliphatic hydroxyl groups is 1. The fraction of sp³-hybridized carbons (Fsp3) is 0.917. The zero-order valence-corrected chi connectivity index (χ0v) is 9.34. The lowest BCUT2D eigenvalue weighted by Gasteiger charge is -2.02. The molecule has 1 atom stereocenters. The van der Waals surface area contributed by atoms with Gasteiger partial charge in [-0.2, -0.15) is 5.26 Å². The number of nitrogens with zero attached hydrogens (tertiary/aromatic N) is 1. The highest BCUT2D eigenvalue weighted by Crippen LogP contribution is 2.10. The van der Waals surface area contributed by atoms with Gasteiger partial charge >= 0.3 is 0 Å². The Morgan fingerprint density at radius 3 is 2.00 bits per heavy atom. The van der Waals surface area contributed by atoms with Crippen LogP contribution in [0.2, 0.25) is 0 Å². The van der Waals surface area contributed by atoms with Crippen LogP contribution in [0.15, 0.2) is 0 Å². The van der Waals surface area contributed by atoms with E-state index in [1.165, 1.54) is 38.5 Å². The van der Waals surface area contributed by atoms with Gasteiger partial charge in [-0.25, -0.2) is 0 Å². The average molecular weight is 197 g/mol. The maximum absolute atomic E-state index is 8.97. The van der Waals surface area contributed by atoms with Crippen LogP contribution in [0, 0.1) is 11.3 Å². The highest BCUT2D eigenvalue weighted by atomic mass is 16.3. The lowest BCUT2D eigenvalue weighted by atomic mass is 10.1. The van der Waals surface area contributed by atoms with Crippen LogP contribution in [-0.4, -0.2) is 11.2 Å². The Morgan fingerprint density at radius 1 is 1.00 bits per heavy atom. The van der Waals surface area contributed by atoms with Gasteiger partial charge in [0.15, 0.2) is 0 Å². The molecule has 0 saturated heterocycles. The molecule has 0 amide bonds. The molecule has 0 aliphatic heterocycles. The SMILES string of the molecule is CCCCCCCCCCC(O)C#N. The van der Waals surface area contributed by atoms with Crippen LogP contribution < -0.4 is 0 Å². The Kier molecular flexibility index (Phi) is 10.1. The third kappa shape index (κ3) is 9.54. The number of aliphatic hydroxyl groups excluding tert-OH is 1. The highest BCUT2D eigenvalue weighted by molar-refractivity contribution is 4.81. The van der Waals surface area contributed by atoms with E-state index in [0.29, 0.717) is 6.42 Å². The molecule has 82 valence electrons. The van der Waals surface area contributed by atoms with Crippen LogP contribution in [0.3, 0.4) is 0 Å². The summed E-state index contributed by atoms with van der Waals surface area (Å²) in [5.74, 6) is 0. The van der Waals surface area contributed by atoms with Crippen molar-refractivity contribution in [1.82, 2.24) is 0 Å². The maximum Gasteiger partial charge on any atom is 0.140 e. The first-order chi connectivity index (χ1) is 6.81. The van der Waals surface area contributed by atoms with E-state index in [9.17, 15) is 0 Å². The van der Waals surface area contributed by atoms with Gasteiger partial charge in [0, 0.05) is 0 Å². The Balaban J connectivity index is 2.96. The molecule has 2 nitrogen and oxygen atoms in total. The zero-order valence-electron chi connectivity index (χ0n) is 9.34. The minimum absolute atomic E-state index is 0.644. The molecule has 0 radical (unpaired) electrons. The van der Waals surface area contributed by atoms with Gasteiger partial charge in [0.05, 0.1) is 6.07 Å². The first-order valence-corrected chi connectivity index (χ1v) is 5.89. The summed E-state index contributed by atoms with van der Waals surface area (Å²) in [6.45, 7) is 2.23. The predicted octanol–water partition coefficient (Wildman–Crippen LogP) is 3.40. The minimum Gasteiger partial charge on any atom is -0.378 e. The van der Waals surface area contributed by atoms with Crippen LogP contribution in [0.4, 0.5) is 0 Å². The van der Waals surface area contributed by atoms with Crippen LogP contribution in [0.1, 0.15) is 64.7 Å². The molecule has 0 heterocycles. The summed E-state index contributed by atoms with van der Waals surface area (Å²) in [5.41, 5.74) is 0. The summed E-state index contributed by atoms with van der Waals surface area (Å²) >= 11 is 0. The molecular formula is C12H23NO. The molecule has 1 N–H and O–H groups in total. The first kappa shape index (κ1) is 13.4. The number of hydrogen-bond acceptors (Lipinski definition) is 2. The van der Waals surface area contributed by atoms with E-state index in [2.05, 4.69) is 6.92 Å². The van der Waals surface area contributed by atoms with Gasteiger partial charge in [0.2, 0.25) is 0 Å². The standard InChI is InChI=1S/C12H23NO/c1-2-3-4-5-6-7-8-9-10-12(14)11-13/h12,14H,2-10H2,1H3. The number of hydrogen-bond donors (Lipinski definition) is 1. The molecular weight excluding hydrogens is 174 g/mol. The molecule has 0 aliphatic carbocycles. The molecule has 0 saturated carbocycles. The van der Waals surface area contributed by atoms with Crippen LogP contribution >= 0.6 is 0 Å². The van der Waals surface area contributed by atoms with Crippen molar-refractivity contribution in [2.45, 2.75) is 70.8 Å². The van der Waals surface area contributed by atoms with Gasteiger partial charge in [-0.15, -0.1) is 0 Å². The predicted molar refractivity (Wildman–Crippen MR) is 58.8 cm³/mol. The number of nitriles is 1. The van der Waals surface area contributed by atoms with E-state index in [0.717, 1.165) is 12.8 Å². The van der Waals surface area contributed by atoms with Gasteiger partial charge in [0.25, 0.3) is 0 Å². The molecule has 0 rings (SSSR count). The van der Waals surface area contributed by atoms with Gasteiger partial charge in [0.1, 0.15) is 6.10 Å². The largest absolute Gasteiger partial charge is 0.378 e. The van der Waals surface area contributed by atoms with E-state index in [-0.39, 0.29) is 0 Å². The molecule has 0 aromatic carbocycles. The number of unbranched alkanes of at least 4 members (excludes halogenated alkanes) is 7. The van der Waals surface area contributed by atoms with E-state index >= 15 is 0 Å². The smallest absolute Gasteiger partial charge is 0.140 e. The topological polar surface area (TPSA) is 44.0 Å². The van der Waals surface area contributed by atoms with Gasteiger partial charge in [-0.05, 0) is 12.8 Å². The average Bonchev–Trinajstić information content (AvgIpc) is 2.21. The quantitative estimate of drug-likeness (QED) is 0.455. The normalized spacial score (nSPS) is 12.4. The summed E-state index contributed by atoms with van der Waals surface area (Å²) in [6, 6.07) is 1.84. The van der Waals surface area contributed by atoms with Crippen LogP contribution in [0.5, 0.6) is 0 Å². The van der Waals surface area contributed by atoms with Crippen molar-refractivity contribution in [1.29, 1.82) is 5.26 Å². The summed E-state index contributed by atoms with van der Waals surface area (Å²) in [7, 11) is 0. The van der Waals surface area contributed by atoms with Crippen molar-refractivity contribution in [2.75, 3.05) is 0 Å². The lowest BCUT2D eigenvalue weighted by Crippen LogP contribution is -2.01. The van der Waals surface area contributed by atoms with Crippen LogP contribution in [0.25, 0.3) is 0 Å². The fourth-order valence-electron chi connectivity index (χ4n) is 1.54. The minimum atomic E-state index is -0.741. The molecule has 0 aromatic rings. The monoisotopic (exact) mass is 197 g/mol. The molecule has 0 aliphatic rings. The van der Waals surface area contributed by atoms with E-state index in [1.807, 2.05) is 6.07 Å². The second kappa shape index (κ2) is 10.5. The Bertz CT molecular complexity index is 151. The zero-order chi connectivity index (χ0) is 10.6. The first-order valence-electron chi connectivity index (χ1n) is 5.89. The molecule has 0 fully saturated rings.